The Morgan fingerprint density at radius 1 is 0.750 bits per heavy atom. The molecular formula is C17H19F9N2. The summed E-state index contributed by atoms with van der Waals surface area (Å²) < 4.78 is 120. The molecule has 0 saturated heterocycles. The predicted molar refractivity (Wildman–Crippen MR) is 87.6 cm³/mol. The van der Waals surface area contributed by atoms with Crippen LogP contribution in [0.1, 0.15) is 31.9 Å². The van der Waals surface area contributed by atoms with Gasteiger partial charge in [-0.05, 0) is 57.9 Å². The first kappa shape index (κ1) is 24.1. The molecule has 0 amide bonds. The number of halogens is 9. The van der Waals surface area contributed by atoms with E-state index in [0.29, 0.717) is 11.1 Å². The molecule has 160 valence electrons. The number of hydrogen-bond acceptors (Lipinski definition) is 1. The van der Waals surface area contributed by atoms with Gasteiger partial charge in [0.05, 0.1) is 5.54 Å². The van der Waals surface area contributed by atoms with Gasteiger partial charge in [-0.3, -0.25) is 4.99 Å². The number of nitrogens with one attached hydrogen (secondary N) is 1. The first-order valence-corrected chi connectivity index (χ1v) is 7.88. The van der Waals surface area contributed by atoms with Gasteiger partial charge in [0.15, 0.2) is 5.84 Å². The maximum atomic E-state index is 14.4. The number of rotatable bonds is 4. The summed E-state index contributed by atoms with van der Waals surface area (Å²) in [5.74, 6) is -21.8. The third-order valence-electron chi connectivity index (χ3n) is 3.37. The van der Waals surface area contributed by atoms with Crippen molar-refractivity contribution in [1.82, 2.24) is 0 Å². The Morgan fingerprint density at radius 2 is 1.18 bits per heavy atom. The highest BCUT2D eigenvalue weighted by Crippen LogP contribution is 2.53. The third kappa shape index (κ3) is 4.72. The number of anilines is 1. The molecule has 28 heavy (non-hydrogen) atoms. The average molecular weight is 422 g/mol. The Hall–Kier alpha value is -1.94. The summed E-state index contributed by atoms with van der Waals surface area (Å²) in [6, 6.07) is 4.05. The van der Waals surface area contributed by atoms with Gasteiger partial charge in [-0.2, -0.15) is 39.5 Å². The zero-order valence-corrected chi connectivity index (χ0v) is 15.6. The molecule has 1 N–H and O–H groups in total. The topological polar surface area (TPSA) is 24.4 Å². The van der Waals surface area contributed by atoms with Crippen LogP contribution in [0, 0.1) is 13.8 Å². The van der Waals surface area contributed by atoms with Crippen LogP contribution in [-0.4, -0.2) is 35.3 Å². The average Bonchev–Trinajstić information content (AvgIpc) is 2.42. The molecule has 0 fully saturated rings. The van der Waals surface area contributed by atoms with Crippen LogP contribution in [0.15, 0.2) is 23.2 Å². The fourth-order valence-corrected chi connectivity index (χ4v) is 2.22. The number of amidine groups is 1. The van der Waals surface area contributed by atoms with Crippen molar-refractivity contribution >= 4 is 11.5 Å². The molecule has 2 nitrogen and oxygen atoms in total. The lowest BCUT2D eigenvalue weighted by molar-refractivity contribution is -0.384. The first-order chi connectivity index (χ1) is 12.2. The summed E-state index contributed by atoms with van der Waals surface area (Å²) in [6.07, 6.45) is -6.90. The molecule has 0 radical (unpaired) electrons. The second kappa shape index (κ2) is 7.14. The fraction of sp³-hybridized carbons (Fsp3) is 0.588. The molecule has 0 bridgehead atoms. The molecule has 0 atom stereocenters. The Balaban J connectivity index is 3.58. The summed E-state index contributed by atoms with van der Waals surface area (Å²) in [6.45, 7) is 6.65. The summed E-state index contributed by atoms with van der Waals surface area (Å²) >= 11 is 0. The van der Waals surface area contributed by atoms with Gasteiger partial charge in [0, 0.05) is 5.69 Å². The number of aliphatic imine (C=N–C) groups is 1. The van der Waals surface area contributed by atoms with E-state index in [-0.39, 0.29) is 5.69 Å². The number of hydrogen-bond donors (Lipinski definition) is 1. The second-order valence-corrected chi connectivity index (χ2v) is 7.35. The molecule has 1 aromatic rings. The van der Waals surface area contributed by atoms with Crippen LogP contribution in [0.5, 0.6) is 0 Å². The van der Waals surface area contributed by atoms with Gasteiger partial charge in [-0.15, -0.1) is 0 Å². The van der Waals surface area contributed by atoms with Gasteiger partial charge in [-0.1, -0.05) is 6.07 Å². The second-order valence-electron chi connectivity index (χ2n) is 7.35. The fourth-order valence-electron chi connectivity index (χ4n) is 2.22. The molecular weight excluding hydrogens is 403 g/mol. The lowest BCUT2D eigenvalue weighted by Gasteiger charge is -2.35. The Morgan fingerprint density at radius 3 is 1.54 bits per heavy atom. The van der Waals surface area contributed by atoms with Crippen LogP contribution >= 0.6 is 0 Å². The van der Waals surface area contributed by atoms with Crippen LogP contribution in [0.25, 0.3) is 0 Å². The third-order valence-corrected chi connectivity index (χ3v) is 3.37. The van der Waals surface area contributed by atoms with Crippen molar-refractivity contribution in [3.8, 4) is 0 Å². The molecule has 0 saturated carbocycles. The van der Waals surface area contributed by atoms with Crippen LogP contribution in [0.4, 0.5) is 45.2 Å². The summed E-state index contributed by atoms with van der Waals surface area (Å²) in [4.78, 5) is 3.27. The number of aryl methyl sites for hydroxylation is 2. The van der Waals surface area contributed by atoms with Crippen molar-refractivity contribution < 1.29 is 39.5 Å². The lowest BCUT2D eigenvalue weighted by Crippen LogP contribution is -2.64. The first-order valence-electron chi connectivity index (χ1n) is 7.88. The SMILES string of the molecule is Cc1cc(C)cc(NC(=NC(C)(C)C)C(F)(F)C(F)(F)C(F)(F)C(F)(F)F)c1. The van der Waals surface area contributed by atoms with E-state index in [4.69, 9.17) is 0 Å². The van der Waals surface area contributed by atoms with Crippen molar-refractivity contribution in [2.45, 2.75) is 64.1 Å². The minimum atomic E-state index is -6.99. The maximum absolute atomic E-state index is 14.4. The van der Waals surface area contributed by atoms with Crippen molar-refractivity contribution in [1.29, 1.82) is 0 Å². The Labute approximate surface area is 155 Å². The molecule has 0 aromatic heterocycles. The van der Waals surface area contributed by atoms with Gasteiger partial charge >= 0.3 is 23.9 Å². The zero-order valence-electron chi connectivity index (χ0n) is 15.6. The van der Waals surface area contributed by atoms with Crippen molar-refractivity contribution in [2.24, 2.45) is 4.99 Å². The standard InChI is InChI=1S/C17H19F9N2/c1-9-6-10(2)8-11(7-9)27-12(28-13(3,4)5)14(18,19)15(20,21)16(22,23)17(24,25)26/h6-8H,1-5H3,(H,27,28). The smallest absolute Gasteiger partial charge is 0.339 e. The van der Waals surface area contributed by atoms with Gasteiger partial charge in [0.2, 0.25) is 0 Å². The summed E-state index contributed by atoms with van der Waals surface area (Å²) in [5, 5.41) is 1.81. The molecule has 0 heterocycles. The number of nitrogens with zero attached hydrogens (tertiary/aromatic N) is 1. The summed E-state index contributed by atoms with van der Waals surface area (Å²) in [7, 11) is 0. The molecule has 11 heteroatoms. The zero-order chi connectivity index (χ0) is 22.3. The van der Waals surface area contributed by atoms with Gasteiger partial charge in [0.25, 0.3) is 0 Å². The van der Waals surface area contributed by atoms with E-state index in [2.05, 4.69) is 4.99 Å². The highest BCUT2D eigenvalue weighted by atomic mass is 19.4. The normalized spacial score (nSPS) is 15.0. The van der Waals surface area contributed by atoms with Crippen LogP contribution < -0.4 is 5.32 Å². The molecule has 1 rings (SSSR count). The van der Waals surface area contributed by atoms with E-state index in [1.54, 1.807) is 25.2 Å². The van der Waals surface area contributed by atoms with E-state index in [1.807, 2.05) is 0 Å². The number of alkyl halides is 9. The van der Waals surface area contributed by atoms with E-state index in [1.165, 1.54) is 32.9 Å². The van der Waals surface area contributed by atoms with E-state index in [0.717, 1.165) is 0 Å². The van der Waals surface area contributed by atoms with Crippen LogP contribution in [-0.2, 0) is 0 Å². The maximum Gasteiger partial charge on any atom is 0.460 e. The van der Waals surface area contributed by atoms with Crippen molar-refractivity contribution in [2.75, 3.05) is 5.32 Å². The van der Waals surface area contributed by atoms with Crippen LogP contribution in [0.2, 0.25) is 0 Å². The molecule has 0 unspecified atom stereocenters. The number of benzene rings is 1. The Kier molecular flexibility index (Phi) is 6.15. The quantitative estimate of drug-likeness (QED) is 0.340. The van der Waals surface area contributed by atoms with Crippen molar-refractivity contribution in [3.05, 3.63) is 29.3 Å². The molecule has 0 aliphatic rings. The minimum Gasteiger partial charge on any atom is -0.339 e. The van der Waals surface area contributed by atoms with E-state index >= 15 is 0 Å². The van der Waals surface area contributed by atoms with Gasteiger partial charge < -0.3 is 5.32 Å². The highest BCUT2D eigenvalue weighted by molar-refractivity contribution is 6.02. The Bertz CT molecular complexity index is 724. The van der Waals surface area contributed by atoms with E-state index < -0.39 is 35.3 Å². The van der Waals surface area contributed by atoms with Gasteiger partial charge in [0.1, 0.15) is 0 Å². The molecule has 0 aliphatic heterocycles. The monoisotopic (exact) mass is 422 g/mol. The van der Waals surface area contributed by atoms with Crippen molar-refractivity contribution in [3.63, 3.8) is 0 Å². The predicted octanol–water partition coefficient (Wildman–Crippen LogP) is 6.38. The molecule has 1 aromatic carbocycles. The van der Waals surface area contributed by atoms with E-state index in [9.17, 15) is 39.5 Å². The minimum absolute atomic E-state index is 0.216. The van der Waals surface area contributed by atoms with Crippen LogP contribution in [0.3, 0.4) is 0 Å². The highest BCUT2D eigenvalue weighted by Gasteiger charge is 2.83. The molecule has 0 aliphatic carbocycles. The lowest BCUT2D eigenvalue weighted by atomic mass is 10.0. The largest absolute Gasteiger partial charge is 0.460 e. The van der Waals surface area contributed by atoms with Gasteiger partial charge in [-0.25, -0.2) is 0 Å². The molecule has 0 spiro atoms. The summed E-state index contributed by atoms with van der Waals surface area (Å²) in [5.41, 5.74) is -0.693.